The highest BCUT2D eigenvalue weighted by atomic mass is 79.9. The predicted octanol–water partition coefficient (Wildman–Crippen LogP) is 4.43. The molecule has 5 heteroatoms. The Morgan fingerprint density at radius 1 is 1.20 bits per heavy atom. The van der Waals surface area contributed by atoms with Crippen LogP contribution in [0.15, 0.2) is 56.7 Å². The second-order valence-electron chi connectivity index (χ2n) is 4.10. The van der Waals surface area contributed by atoms with E-state index >= 15 is 0 Å². The summed E-state index contributed by atoms with van der Waals surface area (Å²) in [7, 11) is 0. The SMILES string of the molecule is CC(=O)Nc1ccc(Sc2cc(Br)cc(C#N)c2)cc1. The van der Waals surface area contributed by atoms with E-state index in [4.69, 9.17) is 5.26 Å². The van der Waals surface area contributed by atoms with Gasteiger partial charge in [0.1, 0.15) is 0 Å². The summed E-state index contributed by atoms with van der Waals surface area (Å²) >= 11 is 4.96. The zero-order valence-corrected chi connectivity index (χ0v) is 13.1. The van der Waals surface area contributed by atoms with Gasteiger partial charge < -0.3 is 5.32 Å². The first kappa shape index (κ1) is 14.6. The molecule has 0 aliphatic heterocycles. The molecule has 0 saturated carbocycles. The van der Waals surface area contributed by atoms with Gasteiger partial charge in [-0.3, -0.25) is 4.79 Å². The van der Waals surface area contributed by atoms with E-state index in [1.165, 1.54) is 6.92 Å². The number of carbonyl (C=O) groups excluding carboxylic acids is 1. The van der Waals surface area contributed by atoms with E-state index in [-0.39, 0.29) is 5.91 Å². The summed E-state index contributed by atoms with van der Waals surface area (Å²) in [5.41, 5.74) is 1.39. The fourth-order valence-electron chi connectivity index (χ4n) is 1.63. The third kappa shape index (κ3) is 4.12. The normalized spacial score (nSPS) is 9.85. The number of rotatable bonds is 3. The quantitative estimate of drug-likeness (QED) is 0.894. The Hall–Kier alpha value is -1.77. The van der Waals surface area contributed by atoms with Crippen LogP contribution in [-0.4, -0.2) is 5.91 Å². The molecule has 0 bridgehead atoms. The molecule has 0 atom stereocenters. The van der Waals surface area contributed by atoms with E-state index in [0.717, 1.165) is 20.0 Å². The minimum atomic E-state index is -0.0870. The maximum atomic E-state index is 10.9. The van der Waals surface area contributed by atoms with Gasteiger partial charge in [0.2, 0.25) is 5.91 Å². The minimum absolute atomic E-state index is 0.0870. The first-order valence-corrected chi connectivity index (χ1v) is 7.44. The van der Waals surface area contributed by atoms with Crippen molar-refractivity contribution in [2.45, 2.75) is 16.7 Å². The number of hydrogen-bond donors (Lipinski definition) is 1. The van der Waals surface area contributed by atoms with Crippen LogP contribution in [0.2, 0.25) is 0 Å². The van der Waals surface area contributed by atoms with Crippen LogP contribution in [0.4, 0.5) is 5.69 Å². The monoisotopic (exact) mass is 346 g/mol. The van der Waals surface area contributed by atoms with E-state index in [2.05, 4.69) is 27.3 Å². The smallest absolute Gasteiger partial charge is 0.221 e. The van der Waals surface area contributed by atoms with E-state index < -0.39 is 0 Å². The molecule has 2 aromatic carbocycles. The fraction of sp³-hybridized carbons (Fsp3) is 0.0667. The van der Waals surface area contributed by atoms with Crippen LogP contribution in [0.25, 0.3) is 0 Å². The molecular weight excluding hydrogens is 336 g/mol. The molecule has 0 unspecified atom stereocenters. The molecule has 0 aromatic heterocycles. The molecule has 3 nitrogen and oxygen atoms in total. The van der Waals surface area contributed by atoms with Gasteiger partial charge in [-0.15, -0.1) is 0 Å². The third-order valence-electron chi connectivity index (χ3n) is 2.41. The van der Waals surface area contributed by atoms with Gasteiger partial charge in [0.25, 0.3) is 0 Å². The molecule has 0 heterocycles. The molecule has 1 N–H and O–H groups in total. The van der Waals surface area contributed by atoms with E-state index in [9.17, 15) is 4.79 Å². The van der Waals surface area contributed by atoms with Crippen molar-refractivity contribution in [2.24, 2.45) is 0 Å². The van der Waals surface area contributed by atoms with Crippen LogP contribution >= 0.6 is 27.7 Å². The fourth-order valence-corrected chi connectivity index (χ4v) is 3.19. The van der Waals surface area contributed by atoms with Gasteiger partial charge in [-0.25, -0.2) is 0 Å². The van der Waals surface area contributed by atoms with Crippen LogP contribution in [0.1, 0.15) is 12.5 Å². The Kier molecular flexibility index (Phi) is 4.83. The molecule has 0 fully saturated rings. The summed E-state index contributed by atoms with van der Waals surface area (Å²) < 4.78 is 0.883. The molecule has 2 rings (SSSR count). The Morgan fingerprint density at radius 2 is 1.90 bits per heavy atom. The van der Waals surface area contributed by atoms with Crippen molar-refractivity contribution in [2.75, 3.05) is 5.32 Å². The average Bonchev–Trinajstić information content (AvgIpc) is 2.39. The molecule has 0 aliphatic carbocycles. The van der Waals surface area contributed by atoms with Crippen LogP contribution in [0.5, 0.6) is 0 Å². The highest BCUT2D eigenvalue weighted by Gasteiger charge is 2.02. The van der Waals surface area contributed by atoms with Crippen LogP contribution in [-0.2, 0) is 4.79 Å². The van der Waals surface area contributed by atoms with Crippen molar-refractivity contribution in [1.82, 2.24) is 0 Å². The number of halogens is 1. The van der Waals surface area contributed by atoms with Crippen LogP contribution in [0.3, 0.4) is 0 Å². The summed E-state index contributed by atoms with van der Waals surface area (Å²) in [6.45, 7) is 1.48. The molecule has 0 saturated heterocycles. The molecule has 0 spiro atoms. The summed E-state index contributed by atoms with van der Waals surface area (Å²) in [4.78, 5) is 13.0. The van der Waals surface area contributed by atoms with Crippen LogP contribution < -0.4 is 5.32 Å². The summed E-state index contributed by atoms with van der Waals surface area (Å²) in [6.07, 6.45) is 0. The zero-order valence-electron chi connectivity index (χ0n) is 10.7. The average molecular weight is 347 g/mol. The highest BCUT2D eigenvalue weighted by molar-refractivity contribution is 9.10. The molecule has 20 heavy (non-hydrogen) atoms. The maximum Gasteiger partial charge on any atom is 0.221 e. The standard InChI is InChI=1S/C15H11BrN2OS/c1-10(19)18-13-2-4-14(5-3-13)20-15-7-11(9-17)6-12(16)8-15/h2-8H,1H3,(H,18,19). The number of anilines is 1. The zero-order chi connectivity index (χ0) is 14.5. The summed E-state index contributed by atoms with van der Waals surface area (Å²) in [5.74, 6) is -0.0870. The number of nitriles is 1. The third-order valence-corrected chi connectivity index (χ3v) is 3.85. The number of benzene rings is 2. The Balaban J connectivity index is 2.16. The predicted molar refractivity (Wildman–Crippen MR) is 83.7 cm³/mol. The topological polar surface area (TPSA) is 52.9 Å². The van der Waals surface area contributed by atoms with E-state index in [0.29, 0.717) is 5.56 Å². The van der Waals surface area contributed by atoms with Gasteiger partial charge in [0.05, 0.1) is 11.6 Å². The Morgan fingerprint density at radius 3 is 2.50 bits per heavy atom. The van der Waals surface area contributed by atoms with Gasteiger partial charge in [0, 0.05) is 26.9 Å². The lowest BCUT2D eigenvalue weighted by Gasteiger charge is -2.05. The Bertz CT molecular complexity index is 677. The van der Waals surface area contributed by atoms with Gasteiger partial charge in [-0.2, -0.15) is 5.26 Å². The van der Waals surface area contributed by atoms with Crippen molar-refractivity contribution >= 4 is 39.3 Å². The number of nitrogens with one attached hydrogen (secondary N) is 1. The van der Waals surface area contributed by atoms with Crippen molar-refractivity contribution in [3.63, 3.8) is 0 Å². The molecule has 0 radical (unpaired) electrons. The molecule has 0 aliphatic rings. The Labute approximate surface area is 130 Å². The molecular formula is C15H11BrN2OS. The number of carbonyl (C=O) groups is 1. The number of nitrogens with zero attached hydrogens (tertiary/aromatic N) is 1. The first-order valence-electron chi connectivity index (χ1n) is 5.83. The van der Waals surface area contributed by atoms with Gasteiger partial charge in [-0.1, -0.05) is 27.7 Å². The number of hydrogen-bond acceptors (Lipinski definition) is 3. The lowest BCUT2D eigenvalue weighted by molar-refractivity contribution is -0.114. The molecule has 100 valence electrons. The van der Waals surface area contributed by atoms with Gasteiger partial charge >= 0.3 is 0 Å². The van der Waals surface area contributed by atoms with Crippen molar-refractivity contribution < 1.29 is 4.79 Å². The summed E-state index contributed by atoms with van der Waals surface area (Å²) in [6, 6.07) is 15.3. The highest BCUT2D eigenvalue weighted by Crippen LogP contribution is 2.31. The second kappa shape index (κ2) is 6.60. The second-order valence-corrected chi connectivity index (χ2v) is 6.16. The number of amides is 1. The van der Waals surface area contributed by atoms with Crippen molar-refractivity contribution in [3.8, 4) is 6.07 Å². The van der Waals surface area contributed by atoms with Crippen molar-refractivity contribution in [3.05, 3.63) is 52.5 Å². The van der Waals surface area contributed by atoms with E-state index in [1.54, 1.807) is 17.8 Å². The minimum Gasteiger partial charge on any atom is -0.326 e. The lowest BCUT2D eigenvalue weighted by Crippen LogP contribution is -2.05. The lowest BCUT2D eigenvalue weighted by atomic mass is 10.2. The first-order chi connectivity index (χ1) is 9.56. The van der Waals surface area contributed by atoms with Crippen LogP contribution in [0, 0.1) is 11.3 Å². The molecule has 1 amide bonds. The van der Waals surface area contributed by atoms with Gasteiger partial charge in [-0.05, 0) is 42.5 Å². The van der Waals surface area contributed by atoms with E-state index in [1.807, 2.05) is 36.4 Å². The largest absolute Gasteiger partial charge is 0.326 e. The molecule has 2 aromatic rings. The van der Waals surface area contributed by atoms with Gasteiger partial charge in [0.15, 0.2) is 0 Å². The maximum absolute atomic E-state index is 10.9. The van der Waals surface area contributed by atoms with Crippen molar-refractivity contribution in [1.29, 1.82) is 5.26 Å². The summed E-state index contributed by atoms with van der Waals surface area (Å²) in [5, 5.41) is 11.7.